The maximum atomic E-state index is 4.23. The molecule has 1 saturated heterocycles. The molecule has 18 heavy (non-hydrogen) atoms. The molecule has 2 aromatic rings. The van der Waals surface area contributed by atoms with Crippen LogP contribution < -0.4 is 10.6 Å². The van der Waals surface area contributed by atoms with E-state index >= 15 is 0 Å². The fourth-order valence-corrected chi connectivity index (χ4v) is 2.62. The molecule has 0 bridgehead atoms. The second kappa shape index (κ2) is 5.36. The number of fused-ring (bicyclic) bond motifs is 1. The Bertz CT molecular complexity index is 511. The zero-order chi connectivity index (χ0) is 12.2. The molecule has 3 heteroatoms. The lowest BCUT2D eigenvalue weighted by Gasteiger charge is -2.18. The van der Waals surface area contributed by atoms with Gasteiger partial charge in [0.15, 0.2) is 0 Å². The number of nitrogens with zero attached hydrogens (tertiary/aromatic N) is 1. The van der Waals surface area contributed by atoms with Crippen molar-refractivity contribution in [3.05, 3.63) is 36.7 Å². The van der Waals surface area contributed by atoms with Gasteiger partial charge in [0.25, 0.3) is 0 Å². The Balaban J connectivity index is 1.85. The van der Waals surface area contributed by atoms with Gasteiger partial charge in [-0.1, -0.05) is 12.1 Å². The van der Waals surface area contributed by atoms with Crippen LogP contribution in [0.25, 0.3) is 10.8 Å². The number of benzene rings is 1. The first-order chi connectivity index (χ1) is 8.93. The standard InChI is InChI=1S/C15H19N3/c1-3-12-6-9-17-11-14(12)15(5-1)18-13-4-2-8-16-10-7-13/h1,3,5-6,9,11,13,16,18H,2,4,7-8,10H2. The van der Waals surface area contributed by atoms with Crippen LogP contribution in [-0.4, -0.2) is 24.1 Å². The minimum absolute atomic E-state index is 0.575. The van der Waals surface area contributed by atoms with Gasteiger partial charge in [-0.05, 0) is 49.9 Å². The van der Waals surface area contributed by atoms with Crippen molar-refractivity contribution in [2.24, 2.45) is 0 Å². The Morgan fingerprint density at radius 3 is 3.17 bits per heavy atom. The third-order valence-electron chi connectivity index (χ3n) is 3.62. The minimum Gasteiger partial charge on any atom is -0.382 e. The maximum absolute atomic E-state index is 4.23. The molecule has 0 radical (unpaired) electrons. The Labute approximate surface area is 108 Å². The van der Waals surface area contributed by atoms with Crippen LogP contribution in [0.15, 0.2) is 36.7 Å². The molecule has 1 fully saturated rings. The average molecular weight is 241 g/mol. The van der Waals surface area contributed by atoms with E-state index in [9.17, 15) is 0 Å². The highest BCUT2D eigenvalue weighted by molar-refractivity contribution is 5.93. The molecule has 1 unspecified atom stereocenters. The van der Waals surface area contributed by atoms with Gasteiger partial charge in [0.1, 0.15) is 0 Å². The summed E-state index contributed by atoms with van der Waals surface area (Å²) in [4.78, 5) is 4.23. The van der Waals surface area contributed by atoms with Crippen molar-refractivity contribution in [2.45, 2.75) is 25.3 Å². The van der Waals surface area contributed by atoms with Gasteiger partial charge in [0.2, 0.25) is 0 Å². The molecule has 1 aromatic carbocycles. The molecule has 2 heterocycles. The highest BCUT2D eigenvalue weighted by atomic mass is 14.9. The fourth-order valence-electron chi connectivity index (χ4n) is 2.62. The van der Waals surface area contributed by atoms with Gasteiger partial charge in [-0.15, -0.1) is 0 Å². The molecule has 3 nitrogen and oxygen atoms in total. The summed E-state index contributed by atoms with van der Waals surface area (Å²) >= 11 is 0. The van der Waals surface area contributed by atoms with Gasteiger partial charge in [0.05, 0.1) is 0 Å². The van der Waals surface area contributed by atoms with Crippen LogP contribution >= 0.6 is 0 Å². The Morgan fingerprint density at radius 1 is 1.17 bits per heavy atom. The molecule has 3 rings (SSSR count). The number of hydrogen-bond donors (Lipinski definition) is 2. The molecule has 0 spiro atoms. The summed E-state index contributed by atoms with van der Waals surface area (Å²) < 4.78 is 0. The molecule has 0 aliphatic carbocycles. The second-order valence-electron chi connectivity index (χ2n) is 4.92. The first-order valence-electron chi connectivity index (χ1n) is 6.73. The third kappa shape index (κ3) is 2.46. The normalized spacial score (nSPS) is 20.6. The van der Waals surface area contributed by atoms with Crippen molar-refractivity contribution in [3.63, 3.8) is 0 Å². The second-order valence-corrected chi connectivity index (χ2v) is 4.92. The third-order valence-corrected chi connectivity index (χ3v) is 3.62. The van der Waals surface area contributed by atoms with E-state index < -0.39 is 0 Å². The summed E-state index contributed by atoms with van der Waals surface area (Å²) in [5.74, 6) is 0. The Kier molecular flexibility index (Phi) is 3.42. The van der Waals surface area contributed by atoms with Crippen LogP contribution in [0.2, 0.25) is 0 Å². The van der Waals surface area contributed by atoms with Gasteiger partial charge in [-0.2, -0.15) is 0 Å². The Hall–Kier alpha value is -1.61. The lowest BCUT2D eigenvalue weighted by molar-refractivity contribution is 0.638. The number of anilines is 1. The molecule has 2 N–H and O–H groups in total. The van der Waals surface area contributed by atoms with Crippen LogP contribution in [0.5, 0.6) is 0 Å². The predicted molar refractivity (Wildman–Crippen MR) is 75.9 cm³/mol. The van der Waals surface area contributed by atoms with Gasteiger partial charge in [0, 0.05) is 29.5 Å². The van der Waals surface area contributed by atoms with Gasteiger partial charge < -0.3 is 10.6 Å². The van der Waals surface area contributed by atoms with Crippen LogP contribution in [-0.2, 0) is 0 Å². The van der Waals surface area contributed by atoms with E-state index in [2.05, 4.69) is 39.9 Å². The van der Waals surface area contributed by atoms with E-state index in [1.54, 1.807) is 0 Å². The summed E-state index contributed by atoms with van der Waals surface area (Å²) in [6, 6.07) is 9.04. The average Bonchev–Trinajstić information content (AvgIpc) is 2.68. The zero-order valence-electron chi connectivity index (χ0n) is 10.5. The summed E-state index contributed by atoms with van der Waals surface area (Å²) in [7, 11) is 0. The van der Waals surface area contributed by atoms with E-state index in [0.29, 0.717) is 6.04 Å². The maximum Gasteiger partial charge on any atom is 0.0437 e. The van der Waals surface area contributed by atoms with Crippen LogP contribution in [0.1, 0.15) is 19.3 Å². The summed E-state index contributed by atoms with van der Waals surface area (Å²) in [6.07, 6.45) is 7.48. The minimum atomic E-state index is 0.575. The number of rotatable bonds is 2. The number of nitrogens with one attached hydrogen (secondary N) is 2. The smallest absolute Gasteiger partial charge is 0.0437 e. The van der Waals surface area contributed by atoms with Gasteiger partial charge in [-0.3, -0.25) is 4.98 Å². The van der Waals surface area contributed by atoms with E-state index in [-0.39, 0.29) is 0 Å². The van der Waals surface area contributed by atoms with Crippen LogP contribution in [0, 0.1) is 0 Å². The summed E-state index contributed by atoms with van der Waals surface area (Å²) in [5.41, 5.74) is 1.22. The van der Waals surface area contributed by atoms with Crippen LogP contribution in [0.3, 0.4) is 0 Å². The fraction of sp³-hybridized carbons (Fsp3) is 0.400. The van der Waals surface area contributed by atoms with Crippen molar-refractivity contribution in [2.75, 3.05) is 18.4 Å². The summed E-state index contributed by atoms with van der Waals surface area (Å²) in [5, 5.41) is 9.60. The molecule has 0 saturated carbocycles. The first kappa shape index (κ1) is 11.5. The number of pyridine rings is 1. The first-order valence-corrected chi connectivity index (χ1v) is 6.73. The lowest BCUT2D eigenvalue weighted by Crippen LogP contribution is -2.21. The highest BCUT2D eigenvalue weighted by Gasteiger charge is 2.12. The van der Waals surface area contributed by atoms with E-state index in [0.717, 1.165) is 13.1 Å². The molecule has 1 aliphatic rings. The van der Waals surface area contributed by atoms with Crippen molar-refractivity contribution < 1.29 is 0 Å². The van der Waals surface area contributed by atoms with Crippen molar-refractivity contribution >= 4 is 16.5 Å². The van der Waals surface area contributed by atoms with E-state index in [1.165, 1.54) is 35.7 Å². The SMILES string of the molecule is c1cc(NC2CCCNCC2)c2cnccc2c1. The molecular formula is C15H19N3. The van der Waals surface area contributed by atoms with Crippen molar-refractivity contribution in [1.82, 2.24) is 10.3 Å². The number of hydrogen-bond acceptors (Lipinski definition) is 3. The number of aromatic nitrogens is 1. The quantitative estimate of drug-likeness (QED) is 0.849. The molecule has 1 aromatic heterocycles. The molecule has 1 aliphatic heterocycles. The largest absolute Gasteiger partial charge is 0.382 e. The highest BCUT2D eigenvalue weighted by Crippen LogP contribution is 2.24. The summed E-state index contributed by atoms with van der Waals surface area (Å²) in [6.45, 7) is 2.26. The van der Waals surface area contributed by atoms with Gasteiger partial charge in [-0.25, -0.2) is 0 Å². The molecule has 94 valence electrons. The van der Waals surface area contributed by atoms with Gasteiger partial charge >= 0.3 is 0 Å². The van der Waals surface area contributed by atoms with Crippen molar-refractivity contribution in [1.29, 1.82) is 0 Å². The monoisotopic (exact) mass is 241 g/mol. The lowest BCUT2D eigenvalue weighted by atomic mass is 10.1. The predicted octanol–water partition coefficient (Wildman–Crippen LogP) is 2.79. The van der Waals surface area contributed by atoms with E-state index in [1.807, 2.05) is 12.4 Å². The van der Waals surface area contributed by atoms with E-state index in [4.69, 9.17) is 0 Å². The Morgan fingerprint density at radius 2 is 2.17 bits per heavy atom. The topological polar surface area (TPSA) is 37.0 Å². The molecule has 1 atom stereocenters. The van der Waals surface area contributed by atoms with Crippen LogP contribution in [0.4, 0.5) is 5.69 Å². The van der Waals surface area contributed by atoms with Crippen molar-refractivity contribution in [3.8, 4) is 0 Å². The molecule has 0 amide bonds. The zero-order valence-corrected chi connectivity index (χ0v) is 10.5. The molecular weight excluding hydrogens is 222 g/mol.